The summed E-state index contributed by atoms with van der Waals surface area (Å²) in [5.41, 5.74) is -2.09. The number of hydrogen-bond donors (Lipinski definition) is 1. The molecule has 1 amide bonds. The minimum atomic E-state index is -5.02. The van der Waals surface area contributed by atoms with Crippen LogP contribution in [0.4, 0.5) is 37.8 Å². The summed E-state index contributed by atoms with van der Waals surface area (Å²) in [5, 5.41) is 3.01. The van der Waals surface area contributed by atoms with E-state index in [4.69, 9.17) is 11.6 Å². The molecule has 0 aliphatic carbocycles. The van der Waals surface area contributed by atoms with Gasteiger partial charge in [-0.2, -0.15) is 26.3 Å². The minimum Gasteiger partial charge on any atom is -0.363 e. The average molecular weight is 530 g/mol. The van der Waals surface area contributed by atoms with Crippen molar-refractivity contribution in [1.82, 2.24) is 4.98 Å². The SMILES string of the molecule is CCC(C(=O)Nc1cnc(N(C)C)cc1-c1ccccc1Cl)c1cc(C(F)(F)F)cc(C(F)(F)F)c1. The van der Waals surface area contributed by atoms with Crippen molar-refractivity contribution in [3.8, 4) is 11.1 Å². The van der Waals surface area contributed by atoms with E-state index in [9.17, 15) is 31.1 Å². The third-order valence-corrected chi connectivity index (χ3v) is 5.84. The van der Waals surface area contributed by atoms with E-state index in [2.05, 4.69) is 10.3 Å². The fourth-order valence-corrected chi connectivity index (χ4v) is 3.90. The zero-order valence-corrected chi connectivity index (χ0v) is 20.2. The van der Waals surface area contributed by atoms with Crippen LogP contribution in [0.1, 0.15) is 36.0 Å². The normalized spacial score (nSPS) is 12.8. The lowest BCUT2D eigenvalue weighted by Crippen LogP contribution is -2.23. The highest BCUT2D eigenvalue weighted by Crippen LogP contribution is 2.39. The van der Waals surface area contributed by atoms with E-state index in [1.807, 2.05) is 0 Å². The van der Waals surface area contributed by atoms with Gasteiger partial charge in [-0.05, 0) is 42.3 Å². The summed E-state index contributed by atoms with van der Waals surface area (Å²) in [5.74, 6) is -1.53. The molecule has 0 saturated heterocycles. The third kappa shape index (κ3) is 6.10. The number of carbonyl (C=O) groups excluding carboxylic acids is 1. The first-order valence-electron chi connectivity index (χ1n) is 10.7. The smallest absolute Gasteiger partial charge is 0.363 e. The van der Waals surface area contributed by atoms with Gasteiger partial charge >= 0.3 is 12.4 Å². The van der Waals surface area contributed by atoms with Gasteiger partial charge in [0.15, 0.2) is 0 Å². The summed E-state index contributed by atoms with van der Waals surface area (Å²) in [6, 6.07) is 9.67. The Morgan fingerprint density at radius 2 is 1.56 bits per heavy atom. The lowest BCUT2D eigenvalue weighted by atomic mass is 9.91. The highest BCUT2D eigenvalue weighted by Gasteiger charge is 2.38. The number of alkyl halides is 6. The van der Waals surface area contributed by atoms with Gasteiger partial charge in [0, 0.05) is 30.2 Å². The number of anilines is 2. The van der Waals surface area contributed by atoms with Crippen LogP contribution >= 0.6 is 11.6 Å². The van der Waals surface area contributed by atoms with Crippen LogP contribution < -0.4 is 10.2 Å². The lowest BCUT2D eigenvalue weighted by Gasteiger charge is -2.21. The Hall–Kier alpha value is -3.27. The van der Waals surface area contributed by atoms with Gasteiger partial charge in [-0.3, -0.25) is 4.79 Å². The fraction of sp³-hybridized carbons (Fsp3) is 0.280. The van der Waals surface area contributed by atoms with Crippen molar-refractivity contribution < 1.29 is 31.1 Å². The molecular weight excluding hydrogens is 508 g/mol. The maximum absolute atomic E-state index is 13.3. The van der Waals surface area contributed by atoms with Crippen molar-refractivity contribution >= 4 is 29.0 Å². The second kappa shape index (κ2) is 10.4. The van der Waals surface area contributed by atoms with Crippen LogP contribution in [0.2, 0.25) is 5.02 Å². The highest BCUT2D eigenvalue weighted by molar-refractivity contribution is 6.33. The van der Waals surface area contributed by atoms with E-state index in [0.29, 0.717) is 34.1 Å². The first kappa shape index (κ1) is 27.3. The number of nitrogens with zero attached hydrogens (tertiary/aromatic N) is 2. The second-order valence-electron chi connectivity index (χ2n) is 8.25. The number of carbonyl (C=O) groups is 1. The Morgan fingerprint density at radius 3 is 2.06 bits per heavy atom. The second-order valence-corrected chi connectivity index (χ2v) is 8.66. The van der Waals surface area contributed by atoms with E-state index in [1.54, 1.807) is 49.3 Å². The predicted molar refractivity (Wildman–Crippen MR) is 127 cm³/mol. The molecule has 3 rings (SSSR count). The van der Waals surface area contributed by atoms with E-state index in [0.717, 1.165) is 0 Å². The molecule has 11 heteroatoms. The number of aromatic nitrogens is 1. The molecular formula is C25H22ClF6N3O. The maximum atomic E-state index is 13.3. The quantitative estimate of drug-likeness (QED) is 0.334. The molecule has 0 radical (unpaired) electrons. The first-order chi connectivity index (χ1) is 16.7. The molecule has 36 heavy (non-hydrogen) atoms. The monoisotopic (exact) mass is 529 g/mol. The molecule has 192 valence electrons. The van der Waals surface area contributed by atoms with Crippen molar-refractivity contribution in [3.05, 3.63) is 76.4 Å². The minimum absolute atomic E-state index is 0.0352. The van der Waals surface area contributed by atoms with Gasteiger partial charge in [0.2, 0.25) is 5.91 Å². The molecule has 1 heterocycles. The zero-order chi connectivity index (χ0) is 26.8. The average Bonchev–Trinajstić information content (AvgIpc) is 2.79. The summed E-state index contributed by atoms with van der Waals surface area (Å²) in [4.78, 5) is 19.2. The van der Waals surface area contributed by atoms with Gasteiger partial charge in [0.05, 0.1) is 28.9 Å². The van der Waals surface area contributed by atoms with Crippen LogP contribution in [0, 0.1) is 0 Å². The molecule has 1 unspecified atom stereocenters. The molecule has 2 aromatic carbocycles. The molecule has 1 aromatic heterocycles. The molecule has 0 aliphatic rings. The van der Waals surface area contributed by atoms with Crippen LogP contribution in [0.25, 0.3) is 11.1 Å². The lowest BCUT2D eigenvalue weighted by molar-refractivity contribution is -0.143. The van der Waals surface area contributed by atoms with Crippen molar-refractivity contribution in [2.45, 2.75) is 31.6 Å². The number of pyridine rings is 1. The van der Waals surface area contributed by atoms with Gasteiger partial charge in [0.25, 0.3) is 0 Å². The van der Waals surface area contributed by atoms with E-state index < -0.39 is 40.9 Å². The number of rotatable bonds is 6. The fourth-order valence-electron chi connectivity index (χ4n) is 3.66. The molecule has 0 bridgehead atoms. The largest absolute Gasteiger partial charge is 0.416 e. The highest BCUT2D eigenvalue weighted by atomic mass is 35.5. The number of halogens is 7. The summed E-state index contributed by atoms with van der Waals surface area (Å²) >= 11 is 6.35. The van der Waals surface area contributed by atoms with Gasteiger partial charge < -0.3 is 10.2 Å². The van der Waals surface area contributed by atoms with E-state index in [1.165, 1.54) is 13.1 Å². The van der Waals surface area contributed by atoms with Crippen LogP contribution in [0.3, 0.4) is 0 Å². The standard InChI is InChI=1S/C25H22ClF6N3O/c1-4-17(14-9-15(24(27,28)29)11-16(10-14)25(30,31)32)23(36)34-21-13-33-22(35(2)3)12-19(21)18-7-5-6-8-20(18)26/h5-13,17H,4H2,1-3H3,(H,34,36). The number of amides is 1. The van der Waals surface area contributed by atoms with Gasteiger partial charge in [-0.25, -0.2) is 4.98 Å². The van der Waals surface area contributed by atoms with Gasteiger partial charge in [-0.15, -0.1) is 0 Å². The summed E-state index contributed by atoms with van der Waals surface area (Å²) in [7, 11) is 3.52. The Kier molecular flexibility index (Phi) is 7.88. The summed E-state index contributed by atoms with van der Waals surface area (Å²) < 4.78 is 80.0. The Balaban J connectivity index is 2.07. The Bertz CT molecular complexity index is 1230. The Labute approximate surface area is 208 Å². The van der Waals surface area contributed by atoms with Crippen LogP contribution in [-0.4, -0.2) is 25.0 Å². The number of hydrogen-bond acceptors (Lipinski definition) is 3. The van der Waals surface area contributed by atoms with Crippen LogP contribution in [0.15, 0.2) is 54.7 Å². The van der Waals surface area contributed by atoms with Crippen molar-refractivity contribution in [3.63, 3.8) is 0 Å². The predicted octanol–water partition coefficient (Wildman–Crippen LogP) is 7.64. The molecule has 1 atom stereocenters. The van der Waals surface area contributed by atoms with Crippen LogP contribution in [-0.2, 0) is 17.1 Å². The molecule has 0 aliphatic heterocycles. The molecule has 1 N–H and O–H groups in total. The number of nitrogens with one attached hydrogen (secondary N) is 1. The Morgan fingerprint density at radius 1 is 0.972 bits per heavy atom. The third-order valence-electron chi connectivity index (χ3n) is 5.51. The number of benzene rings is 2. The van der Waals surface area contributed by atoms with Gasteiger partial charge in [0.1, 0.15) is 5.82 Å². The summed E-state index contributed by atoms with van der Waals surface area (Å²) in [6.07, 6.45) is -8.72. The molecule has 0 saturated carbocycles. The first-order valence-corrected chi connectivity index (χ1v) is 11.1. The molecule has 0 spiro atoms. The zero-order valence-electron chi connectivity index (χ0n) is 19.4. The molecule has 0 fully saturated rings. The summed E-state index contributed by atoms with van der Waals surface area (Å²) in [6.45, 7) is 1.50. The molecule has 4 nitrogen and oxygen atoms in total. The molecule has 3 aromatic rings. The van der Waals surface area contributed by atoms with Crippen LogP contribution in [0.5, 0.6) is 0 Å². The van der Waals surface area contributed by atoms with Crippen molar-refractivity contribution in [2.75, 3.05) is 24.3 Å². The van der Waals surface area contributed by atoms with Crippen molar-refractivity contribution in [2.24, 2.45) is 0 Å². The van der Waals surface area contributed by atoms with E-state index in [-0.39, 0.29) is 18.2 Å². The van der Waals surface area contributed by atoms with E-state index >= 15 is 0 Å². The van der Waals surface area contributed by atoms with Crippen molar-refractivity contribution in [1.29, 1.82) is 0 Å². The van der Waals surface area contributed by atoms with Gasteiger partial charge in [-0.1, -0.05) is 36.7 Å². The topological polar surface area (TPSA) is 45.2 Å². The maximum Gasteiger partial charge on any atom is 0.416 e.